The average Bonchev–Trinajstić information content (AvgIpc) is 3.09. The molecule has 1 saturated heterocycles. The molecular weight excluding hydrogens is 337 g/mol. The summed E-state index contributed by atoms with van der Waals surface area (Å²) in [5.74, 6) is 0.522. The molecule has 2 radical (unpaired) electrons. The number of nitrogens with zero attached hydrogens (tertiary/aromatic N) is 3. The van der Waals surface area contributed by atoms with Gasteiger partial charge < -0.3 is 15.1 Å². The number of anilines is 1. The predicted octanol–water partition coefficient (Wildman–Crippen LogP) is 1.92. The number of hydrogen-bond donors (Lipinski definition) is 2. The molecule has 3 rings (SSSR count). The van der Waals surface area contributed by atoms with Crippen molar-refractivity contribution >= 4 is 51.7 Å². The van der Waals surface area contributed by atoms with E-state index < -0.39 is 0 Å². The maximum atomic E-state index is 8.54. The topological polar surface area (TPSA) is 54.7 Å². The molecule has 2 aliphatic heterocycles. The molecule has 126 valence electrons. The summed E-state index contributed by atoms with van der Waals surface area (Å²) in [7, 11) is 5.91. The molecule has 0 amide bonds. The van der Waals surface area contributed by atoms with Crippen LogP contribution in [-0.4, -0.2) is 66.1 Å². The minimum absolute atomic E-state index is 0.207. The van der Waals surface area contributed by atoms with E-state index in [0.29, 0.717) is 10.6 Å². The van der Waals surface area contributed by atoms with Gasteiger partial charge in [-0.1, -0.05) is 18.3 Å². The van der Waals surface area contributed by atoms with Gasteiger partial charge in [-0.3, -0.25) is 10.4 Å². The van der Waals surface area contributed by atoms with Crippen molar-refractivity contribution in [3.63, 3.8) is 0 Å². The molecule has 1 aromatic rings. The molecule has 0 unspecified atom stereocenters. The van der Waals surface area contributed by atoms with Crippen LogP contribution in [0, 0.1) is 5.41 Å². The molecule has 0 spiro atoms. The van der Waals surface area contributed by atoms with Gasteiger partial charge in [0.25, 0.3) is 0 Å². The lowest BCUT2D eigenvalue weighted by molar-refractivity contribution is 0.261. The Morgan fingerprint density at radius 2 is 2.12 bits per heavy atom. The minimum atomic E-state index is 0.207. The van der Waals surface area contributed by atoms with E-state index in [1.807, 2.05) is 17.8 Å². The maximum absolute atomic E-state index is 8.54. The average molecular weight is 359 g/mol. The van der Waals surface area contributed by atoms with Crippen LogP contribution in [0.5, 0.6) is 0 Å². The summed E-state index contributed by atoms with van der Waals surface area (Å²) in [4.78, 5) is 9.13. The second-order valence-electron chi connectivity index (χ2n) is 6.52. The number of rotatable bonds is 3. The number of hydrogen-bond acceptors (Lipinski definition) is 6. The molecule has 3 heterocycles. The molecule has 2 aliphatic rings. The molecule has 2 N–H and O–H groups in total. The largest absolute Gasteiger partial charge is 0.354 e. The van der Waals surface area contributed by atoms with E-state index in [0.717, 1.165) is 48.5 Å². The Balaban J connectivity index is 1.63. The van der Waals surface area contributed by atoms with E-state index in [1.54, 1.807) is 6.20 Å². The van der Waals surface area contributed by atoms with E-state index in [-0.39, 0.29) is 4.75 Å². The summed E-state index contributed by atoms with van der Waals surface area (Å²) in [5, 5.41) is 13.7. The maximum Gasteiger partial charge on any atom is 0.159 e. The Bertz CT molecular complexity index is 674. The van der Waals surface area contributed by atoms with Crippen LogP contribution in [0.4, 0.5) is 5.00 Å². The molecule has 0 saturated carbocycles. The first kappa shape index (κ1) is 17.4. The van der Waals surface area contributed by atoms with Crippen LogP contribution in [0.2, 0.25) is 0 Å². The molecule has 24 heavy (non-hydrogen) atoms. The molecule has 0 atom stereocenters. The van der Waals surface area contributed by atoms with Crippen molar-refractivity contribution in [1.29, 1.82) is 5.41 Å². The second-order valence-corrected chi connectivity index (χ2v) is 9.28. The molecule has 0 bridgehead atoms. The van der Waals surface area contributed by atoms with Gasteiger partial charge in [0.05, 0.1) is 12.1 Å². The Labute approximate surface area is 153 Å². The van der Waals surface area contributed by atoms with Gasteiger partial charge in [-0.25, -0.2) is 0 Å². The molecular formula is C16H22BN5S2. The molecule has 0 aromatic carbocycles. The Hall–Kier alpha value is -1.41. The van der Waals surface area contributed by atoms with Crippen molar-refractivity contribution in [3.8, 4) is 0 Å². The van der Waals surface area contributed by atoms with Gasteiger partial charge in [0.2, 0.25) is 0 Å². The molecule has 8 heteroatoms. The van der Waals surface area contributed by atoms with Gasteiger partial charge in [0, 0.05) is 30.9 Å². The zero-order valence-electron chi connectivity index (χ0n) is 14.1. The lowest BCUT2D eigenvalue weighted by atomic mass is 10.1. The van der Waals surface area contributed by atoms with Crippen LogP contribution in [-0.2, 0) is 0 Å². The SMILES string of the molecule is [B]c1cc(C(=N)N2CCN(C3=NCC(C)(C)S3)CC2)c(NC=C)s1. The van der Waals surface area contributed by atoms with Crippen molar-refractivity contribution in [1.82, 2.24) is 9.80 Å². The van der Waals surface area contributed by atoms with Crippen molar-refractivity contribution in [2.75, 3.05) is 38.0 Å². The van der Waals surface area contributed by atoms with Crippen LogP contribution in [0.3, 0.4) is 0 Å². The highest BCUT2D eigenvalue weighted by molar-refractivity contribution is 8.15. The van der Waals surface area contributed by atoms with Crippen LogP contribution >= 0.6 is 23.1 Å². The lowest BCUT2D eigenvalue weighted by Gasteiger charge is -2.37. The van der Waals surface area contributed by atoms with Gasteiger partial charge >= 0.3 is 0 Å². The van der Waals surface area contributed by atoms with E-state index in [1.165, 1.54) is 11.3 Å². The van der Waals surface area contributed by atoms with Crippen LogP contribution in [0.1, 0.15) is 19.4 Å². The normalized spacial score (nSPS) is 20.0. The number of amidine groups is 2. The van der Waals surface area contributed by atoms with Gasteiger partial charge in [-0.15, -0.1) is 11.3 Å². The Kier molecular flexibility index (Phi) is 4.96. The summed E-state index contributed by atoms with van der Waals surface area (Å²) in [6.07, 6.45) is 1.62. The number of thiophene rings is 1. The quantitative estimate of drug-likeness (QED) is 0.492. The Morgan fingerprint density at radius 1 is 1.42 bits per heavy atom. The third kappa shape index (κ3) is 3.64. The molecule has 5 nitrogen and oxygen atoms in total. The summed E-state index contributed by atoms with van der Waals surface area (Å²) in [6.45, 7) is 12.5. The van der Waals surface area contributed by atoms with E-state index in [9.17, 15) is 0 Å². The van der Waals surface area contributed by atoms with Gasteiger partial charge in [-0.05, 0) is 30.9 Å². The lowest BCUT2D eigenvalue weighted by Crippen LogP contribution is -2.50. The third-order valence-corrected chi connectivity index (χ3v) is 6.22. The summed E-state index contributed by atoms with van der Waals surface area (Å²) in [6, 6.07) is 1.87. The van der Waals surface area contributed by atoms with Gasteiger partial charge in [0.15, 0.2) is 5.17 Å². The van der Waals surface area contributed by atoms with Crippen molar-refractivity contribution in [3.05, 3.63) is 24.4 Å². The summed E-state index contributed by atoms with van der Waals surface area (Å²) < 4.78 is 0.912. The fourth-order valence-corrected chi connectivity index (χ4v) is 4.70. The predicted molar refractivity (Wildman–Crippen MR) is 107 cm³/mol. The van der Waals surface area contributed by atoms with Crippen molar-refractivity contribution in [2.24, 2.45) is 4.99 Å². The fraction of sp³-hybridized carbons (Fsp3) is 0.500. The monoisotopic (exact) mass is 359 g/mol. The highest BCUT2D eigenvalue weighted by Gasteiger charge is 2.32. The first-order valence-electron chi connectivity index (χ1n) is 7.98. The van der Waals surface area contributed by atoms with Gasteiger partial charge in [-0.2, -0.15) is 0 Å². The van der Waals surface area contributed by atoms with E-state index >= 15 is 0 Å². The first-order chi connectivity index (χ1) is 11.4. The summed E-state index contributed by atoms with van der Waals surface area (Å²) >= 11 is 3.31. The standard InChI is InChI=1S/C16H22BN5S2/c1-4-19-14-11(9-12(17)23-14)13(18)21-5-7-22(8-6-21)15-20-10-16(2,3)24-15/h4,9,18-19H,1,5-8,10H2,2-3H3. The zero-order chi connectivity index (χ0) is 17.3. The molecule has 1 fully saturated rings. The molecule has 1 aromatic heterocycles. The first-order valence-corrected chi connectivity index (χ1v) is 9.62. The highest BCUT2D eigenvalue weighted by Crippen LogP contribution is 2.33. The Morgan fingerprint density at radius 3 is 2.71 bits per heavy atom. The fourth-order valence-electron chi connectivity index (χ4n) is 2.81. The third-order valence-electron chi connectivity index (χ3n) is 4.07. The van der Waals surface area contributed by atoms with Crippen LogP contribution in [0.15, 0.2) is 23.8 Å². The highest BCUT2D eigenvalue weighted by atomic mass is 32.2. The number of aliphatic imine (C=N–C) groups is 1. The number of nitrogens with one attached hydrogen (secondary N) is 2. The summed E-state index contributed by atoms with van der Waals surface area (Å²) in [5.41, 5.74) is 0.847. The zero-order valence-corrected chi connectivity index (χ0v) is 15.8. The number of piperazine rings is 1. The molecule has 0 aliphatic carbocycles. The van der Waals surface area contributed by atoms with Gasteiger partial charge in [0.1, 0.15) is 18.7 Å². The van der Waals surface area contributed by atoms with E-state index in [2.05, 4.69) is 40.5 Å². The second kappa shape index (κ2) is 6.84. The number of thioether (sulfide) groups is 1. The smallest absolute Gasteiger partial charge is 0.159 e. The van der Waals surface area contributed by atoms with Crippen molar-refractivity contribution < 1.29 is 0 Å². The minimum Gasteiger partial charge on any atom is -0.354 e. The van der Waals surface area contributed by atoms with E-state index in [4.69, 9.17) is 13.3 Å². The van der Waals surface area contributed by atoms with Crippen LogP contribution < -0.4 is 10.1 Å². The van der Waals surface area contributed by atoms with Crippen molar-refractivity contribution in [2.45, 2.75) is 18.6 Å². The van der Waals surface area contributed by atoms with Crippen LogP contribution in [0.25, 0.3) is 0 Å².